The second-order valence-electron chi connectivity index (χ2n) is 6.51. The van der Waals surface area contributed by atoms with Crippen LogP contribution in [0.3, 0.4) is 0 Å². The molecule has 29 heavy (non-hydrogen) atoms. The number of benzene rings is 1. The van der Waals surface area contributed by atoms with Gasteiger partial charge in [0.25, 0.3) is 0 Å². The molecule has 5 rings (SSSR count). The summed E-state index contributed by atoms with van der Waals surface area (Å²) < 4.78 is 46.9. The summed E-state index contributed by atoms with van der Waals surface area (Å²) in [6.07, 6.45) is -3.02. The molecule has 0 radical (unpaired) electrons. The van der Waals surface area contributed by atoms with Gasteiger partial charge in [0.15, 0.2) is 17.5 Å². The van der Waals surface area contributed by atoms with Crippen molar-refractivity contribution in [2.45, 2.75) is 26.1 Å². The molecule has 0 bridgehead atoms. The van der Waals surface area contributed by atoms with Crippen molar-refractivity contribution in [2.24, 2.45) is 0 Å². The van der Waals surface area contributed by atoms with Crippen LogP contribution in [0.4, 0.5) is 13.2 Å². The number of nitrogens with zero attached hydrogens (tertiary/aromatic N) is 7. The van der Waals surface area contributed by atoms with Crippen LogP contribution in [0, 0.1) is 6.92 Å². The van der Waals surface area contributed by atoms with Gasteiger partial charge in [-0.1, -0.05) is 21.1 Å². The third kappa shape index (κ3) is 3.03. The summed E-state index contributed by atoms with van der Waals surface area (Å²) in [4.78, 5) is 12.3. The highest BCUT2D eigenvalue weighted by Crippen LogP contribution is 2.34. The summed E-state index contributed by atoms with van der Waals surface area (Å²) in [7, 11) is 0. The maximum absolute atomic E-state index is 12.7. The molecule has 1 aliphatic rings. The molecule has 12 heteroatoms. The van der Waals surface area contributed by atoms with Crippen LogP contribution in [0.5, 0.6) is 0 Å². The van der Waals surface area contributed by atoms with Crippen LogP contribution < -0.4 is 0 Å². The monoisotopic (exact) mass is 465 g/mol. The van der Waals surface area contributed by atoms with Crippen LogP contribution in [-0.4, -0.2) is 34.5 Å². The average molecular weight is 466 g/mol. The van der Waals surface area contributed by atoms with Crippen LogP contribution >= 0.6 is 15.9 Å². The highest BCUT2D eigenvalue weighted by Gasteiger charge is 2.38. The Bertz CT molecular complexity index is 1240. The van der Waals surface area contributed by atoms with Crippen molar-refractivity contribution in [1.82, 2.24) is 34.5 Å². The first-order valence-corrected chi connectivity index (χ1v) is 9.25. The molecule has 1 aromatic carbocycles. The van der Waals surface area contributed by atoms with Gasteiger partial charge in [0.1, 0.15) is 0 Å². The van der Waals surface area contributed by atoms with Crippen molar-refractivity contribution >= 4 is 15.9 Å². The Morgan fingerprint density at radius 1 is 1.21 bits per heavy atom. The van der Waals surface area contributed by atoms with Gasteiger partial charge in [-0.25, -0.2) is 14.6 Å². The van der Waals surface area contributed by atoms with Crippen LogP contribution in [0.15, 0.2) is 33.5 Å². The number of halogens is 4. The number of hydrogen-bond donors (Lipinski definition) is 0. The molecule has 1 aliphatic heterocycles. The van der Waals surface area contributed by atoms with Crippen molar-refractivity contribution in [1.29, 1.82) is 0 Å². The minimum Gasteiger partial charge on any atom is -0.329 e. The molecular weight excluding hydrogens is 455 g/mol. The van der Waals surface area contributed by atoms with E-state index in [1.807, 2.05) is 29.7 Å². The number of imidazole rings is 1. The molecular formula is C17H11BrF3N7O. The van der Waals surface area contributed by atoms with E-state index in [0.29, 0.717) is 18.2 Å². The summed E-state index contributed by atoms with van der Waals surface area (Å²) >= 11 is 3.47. The van der Waals surface area contributed by atoms with E-state index in [-0.39, 0.29) is 12.2 Å². The van der Waals surface area contributed by atoms with Crippen LogP contribution in [0.2, 0.25) is 0 Å². The lowest BCUT2D eigenvalue weighted by Gasteiger charge is -2.08. The summed E-state index contributed by atoms with van der Waals surface area (Å²) in [5.41, 5.74) is 3.51. The van der Waals surface area contributed by atoms with E-state index in [4.69, 9.17) is 0 Å². The minimum atomic E-state index is -4.69. The maximum atomic E-state index is 12.7. The molecule has 148 valence electrons. The standard InChI is InChI=1S/C17H11BrF3N7O/c1-8-12-6-28-15(10-4-9(18)2-3-11(10)27(12)7-22-8)23-13(25-28)5-14-24-16(29-26-14)17(19,20)21/h2-4,7H,5-6H2,1H3. The molecule has 0 N–H and O–H groups in total. The summed E-state index contributed by atoms with van der Waals surface area (Å²) in [5.74, 6) is -0.624. The lowest BCUT2D eigenvalue weighted by atomic mass is 10.1. The van der Waals surface area contributed by atoms with E-state index >= 15 is 0 Å². The number of fused-ring (bicyclic) bond motifs is 5. The molecule has 4 heterocycles. The topological polar surface area (TPSA) is 87.5 Å². The first kappa shape index (κ1) is 18.0. The van der Waals surface area contributed by atoms with Gasteiger partial charge in [-0.05, 0) is 25.1 Å². The fraction of sp³-hybridized carbons (Fsp3) is 0.235. The molecule has 8 nitrogen and oxygen atoms in total. The molecule has 0 atom stereocenters. The van der Waals surface area contributed by atoms with Crippen molar-refractivity contribution < 1.29 is 17.7 Å². The van der Waals surface area contributed by atoms with Crippen molar-refractivity contribution in [3.63, 3.8) is 0 Å². The van der Waals surface area contributed by atoms with Gasteiger partial charge in [-0.15, -0.1) is 0 Å². The second-order valence-corrected chi connectivity index (χ2v) is 7.42. The van der Waals surface area contributed by atoms with E-state index in [9.17, 15) is 13.2 Å². The quantitative estimate of drug-likeness (QED) is 0.396. The summed E-state index contributed by atoms with van der Waals surface area (Å²) in [6, 6.07) is 5.78. The Morgan fingerprint density at radius 2 is 2.03 bits per heavy atom. The Balaban J connectivity index is 1.58. The van der Waals surface area contributed by atoms with Gasteiger partial charge < -0.3 is 9.09 Å². The zero-order valence-corrected chi connectivity index (χ0v) is 16.4. The first-order chi connectivity index (χ1) is 13.8. The van der Waals surface area contributed by atoms with E-state index in [2.05, 4.69) is 45.7 Å². The molecule has 0 unspecified atom stereocenters. The normalized spacial score (nSPS) is 13.0. The predicted molar refractivity (Wildman–Crippen MR) is 96.2 cm³/mol. The van der Waals surface area contributed by atoms with E-state index in [0.717, 1.165) is 27.1 Å². The average Bonchev–Trinajstić information content (AvgIpc) is 3.34. The highest BCUT2D eigenvalue weighted by molar-refractivity contribution is 9.10. The molecule has 4 aromatic rings. The number of alkyl halides is 3. The molecule has 0 saturated heterocycles. The highest BCUT2D eigenvalue weighted by atomic mass is 79.9. The zero-order chi connectivity index (χ0) is 20.3. The number of aryl methyl sites for hydroxylation is 1. The number of hydrogen-bond acceptors (Lipinski definition) is 6. The lowest BCUT2D eigenvalue weighted by Crippen LogP contribution is -2.07. The zero-order valence-electron chi connectivity index (χ0n) is 14.8. The summed E-state index contributed by atoms with van der Waals surface area (Å²) in [6.45, 7) is 2.33. The molecule has 3 aromatic heterocycles. The second kappa shape index (κ2) is 6.24. The Morgan fingerprint density at radius 3 is 2.79 bits per heavy atom. The summed E-state index contributed by atoms with van der Waals surface area (Å²) in [5, 5.41) is 7.86. The number of rotatable bonds is 2. The van der Waals surface area contributed by atoms with Gasteiger partial charge in [-0.2, -0.15) is 23.3 Å². The maximum Gasteiger partial charge on any atom is 0.471 e. The van der Waals surface area contributed by atoms with Gasteiger partial charge in [0, 0.05) is 10.0 Å². The number of aromatic nitrogens is 7. The SMILES string of the molecule is Cc1ncn2c1Cn1nc(Cc3noc(C(F)(F)F)n3)nc1-c1cc(Br)ccc1-2. The van der Waals surface area contributed by atoms with E-state index < -0.39 is 12.1 Å². The van der Waals surface area contributed by atoms with Crippen molar-refractivity contribution in [3.05, 3.63) is 57.9 Å². The van der Waals surface area contributed by atoms with Gasteiger partial charge in [0.05, 0.1) is 36.4 Å². The van der Waals surface area contributed by atoms with E-state index in [1.54, 1.807) is 11.0 Å². The van der Waals surface area contributed by atoms with Gasteiger partial charge in [-0.3, -0.25) is 0 Å². The smallest absolute Gasteiger partial charge is 0.329 e. The largest absolute Gasteiger partial charge is 0.471 e. The minimum absolute atomic E-state index is 0.0822. The third-order valence-electron chi connectivity index (χ3n) is 4.58. The Hall–Kier alpha value is -3.02. The molecule has 0 aliphatic carbocycles. The third-order valence-corrected chi connectivity index (χ3v) is 5.07. The van der Waals surface area contributed by atoms with Crippen LogP contribution in [0.1, 0.15) is 28.9 Å². The fourth-order valence-corrected chi connectivity index (χ4v) is 3.62. The van der Waals surface area contributed by atoms with Crippen LogP contribution in [0.25, 0.3) is 17.1 Å². The Kier molecular flexibility index (Phi) is 3.88. The molecule has 0 saturated carbocycles. The first-order valence-electron chi connectivity index (χ1n) is 8.46. The van der Waals surface area contributed by atoms with Gasteiger partial charge in [0.2, 0.25) is 0 Å². The lowest BCUT2D eigenvalue weighted by molar-refractivity contribution is -0.159. The van der Waals surface area contributed by atoms with Crippen molar-refractivity contribution in [3.8, 4) is 17.1 Å². The van der Waals surface area contributed by atoms with E-state index in [1.165, 1.54) is 0 Å². The van der Waals surface area contributed by atoms with Crippen LogP contribution in [-0.2, 0) is 19.1 Å². The fourth-order valence-electron chi connectivity index (χ4n) is 3.26. The predicted octanol–water partition coefficient (Wildman–Crippen LogP) is 3.56. The van der Waals surface area contributed by atoms with Crippen molar-refractivity contribution in [2.75, 3.05) is 0 Å². The molecule has 0 spiro atoms. The molecule has 0 fully saturated rings. The Labute approximate surface area is 169 Å². The van der Waals surface area contributed by atoms with Gasteiger partial charge >= 0.3 is 12.1 Å². The molecule has 0 amide bonds.